The highest BCUT2D eigenvalue weighted by Crippen LogP contribution is 2.39. The van der Waals surface area contributed by atoms with Crippen molar-refractivity contribution in [3.63, 3.8) is 0 Å². The summed E-state index contributed by atoms with van der Waals surface area (Å²) in [5.74, 6) is 0.739. The first kappa shape index (κ1) is 14.0. The summed E-state index contributed by atoms with van der Waals surface area (Å²) >= 11 is 9.39. The fourth-order valence-electron chi connectivity index (χ4n) is 2.82. The molecule has 0 N–H and O–H groups in total. The van der Waals surface area contributed by atoms with Gasteiger partial charge in [0.15, 0.2) is 0 Å². The van der Waals surface area contributed by atoms with Crippen LogP contribution in [0, 0.1) is 0 Å². The highest BCUT2D eigenvalue weighted by molar-refractivity contribution is 9.10. The number of para-hydroxylation sites is 1. The molecule has 3 rings (SSSR count). The van der Waals surface area contributed by atoms with E-state index >= 15 is 0 Å². The van der Waals surface area contributed by atoms with Crippen LogP contribution in [0.2, 0.25) is 0 Å². The topological polar surface area (TPSA) is 3.24 Å². The summed E-state index contributed by atoms with van der Waals surface area (Å²) in [5, 5.41) is 0. The Morgan fingerprint density at radius 1 is 1.00 bits per heavy atom. The molecule has 0 bridgehead atoms. The second-order valence-electron chi connectivity index (χ2n) is 5.13. The normalized spacial score (nSPS) is 13.0. The van der Waals surface area contributed by atoms with Gasteiger partial charge in [-0.1, -0.05) is 34.1 Å². The van der Waals surface area contributed by atoms with Gasteiger partial charge in [-0.2, -0.15) is 0 Å². The Kier molecular flexibility index (Phi) is 4.32. The Balaban J connectivity index is 1.99. The molecule has 0 atom stereocenters. The highest BCUT2D eigenvalue weighted by atomic mass is 79.9. The summed E-state index contributed by atoms with van der Waals surface area (Å²) in [6.45, 7) is 1.03. The molecule has 1 heterocycles. The second-order valence-corrected chi connectivity index (χ2v) is 6.42. The van der Waals surface area contributed by atoms with Crippen molar-refractivity contribution in [2.45, 2.75) is 19.3 Å². The third kappa shape index (κ3) is 2.72. The Morgan fingerprint density at radius 2 is 1.80 bits per heavy atom. The summed E-state index contributed by atoms with van der Waals surface area (Å²) in [4.78, 5) is 2.44. The van der Waals surface area contributed by atoms with E-state index in [1.807, 2.05) is 0 Å². The first-order valence-corrected chi connectivity index (χ1v) is 8.32. The smallest absolute Gasteiger partial charge is 0.0447 e. The molecular weight excluding hydrogens is 334 g/mol. The molecule has 1 aliphatic heterocycles. The zero-order valence-electron chi connectivity index (χ0n) is 11.3. The number of halogens is 2. The van der Waals surface area contributed by atoms with E-state index in [9.17, 15) is 0 Å². The summed E-state index contributed by atoms with van der Waals surface area (Å²) in [6, 6.07) is 15.3. The molecule has 0 saturated heterocycles. The monoisotopic (exact) mass is 349 g/mol. The van der Waals surface area contributed by atoms with E-state index in [2.05, 4.69) is 63.3 Å². The van der Waals surface area contributed by atoms with Gasteiger partial charge in [-0.15, -0.1) is 11.6 Å². The fraction of sp³-hybridized carbons (Fsp3) is 0.294. The molecule has 1 nitrogen and oxygen atoms in total. The van der Waals surface area contributed by atoms with E-state index < -0.39 is 0 Å². The lowest BCUT2D eigenvalue weighted by Gasteiger charge is -2.33. The third-order valence-corrected chi connectivity index (χ3v) is 4.52. The average Bonchev–Trinajstić information content (AvgIpc) is 2.46. The summed E-state index contributed by atoms with van der Waals surface area (Å²) in [7, 11) is 0. The standard InChI is InChI=1S/C17H17BrClN/c18-15-7-8-17-14(12-15)11-13-5-1-2-6-16(13)20(17)10-4-3-9-19/h1-2,5-8,12H,3-4,9-11H2. The molecular formula is C17H17BrClN. The Hall–Kier alpha value is -0.990. The van der Waals surface area contributed by atoms with Crippen LogP contribution in [0.3, 0.4) is 0 Å². The minimum Gasteiger partial charge on any atom is -0.341 e. The van der Waals surface area contributed by atoms with E-state index in [0.29, 0.717) is 0 Å². The maximum atomic E-state index is 5.82. The molecule has 0 fully saturated rings. The van der Waals surface area contributed by atoms with Crippen molar-refractivity contribution in [3.8, 4) is 0 Å². The van der Waals surface area contributed by atoms with E-state index in [0.717, 1.165) is 36.2 Å². The third-order valence-electron chi connectivity index (χ3n) is 3.76. The predicted molar refractivity (Wildman–Crippen MR) is 90.4 cm³/mol. The molecule has 0 aromatic heterocycles. The maximum absolute atomic E-state index is 5.82. The zero-order chi connectivity index (χ0) is 13.9. The minimum absolute atomic E-state index is 0.739. The van der Waals surface area contributed by atoms with Gasteiger partial charge < -0.3 is 4.90 Å². The minimum atomic E-state index is 0.739. The van der Waals surface area contributed by atoms with Crippen LogP contribution in [-0.2, 0) is 6.42 Å². The molecule has 0 spiro atoms. The van der Waals surface area contributed by atoms with Crippen LogP contribution in [0.15, 0.2) is 46.9 Å². The maximum Gasteiger partial charge on any atom is 0.0447 e. The van der Waals surface area contributed by atoms with Crippen LogP contribution in [0.5, 0.6) is 0 Å². The molecule has 0 aliphatic carbocycles. The van der Waals surface area contributed by atoms with Gasteiger partial charge in [0.2, 0.25) is 0 Å². The van der Waals surface area contributed by atoms with E-state index in [1.54, 1.807) is 0 Å². The van der Waals surface area contributed by atoms with Crippen molar-refractivity contribution in [3.05, 3.63) is 58.1 Å². The number of hydrogen-bond donors (Lipinski definition) is 0. The SMILES string of the molecule is ClCCCCN1c2ccccc2Cc2cc(Br)ccc21. The Morgan fingerprint density at radius 3 is 2.65 bits per heavy atom. The molecule has 104 valence electrons. The van der Waals surface area contributed by atoms with Gasteiger partial charge in [0.1, 0.15) is 0 Å². The highest BCUT2D eigenvalue weighted by Gasteiger charge is 2.21. The van der Waals surface area contributed by atoms with E-state index in [-0.39, 0.29) is 0 Å². The van der Waals surface area contributed by atoms with Crippen LogP contribution in [0.4, 0.5) is 11.4 Å². The van der Waals surface area contributed by atoms with Crippen LogP contribution < -0.4 is 4.90 Å². The number of fused-ring (bicyclic) bond motifs is 2. The number of alkyl halides is 1. The van der Waals surface area contributed by atoms with Crippen LogP contribution in [0.25, 0.3) is 0 Å². The van der Waals surface area contributed by atoms with Gasteiger partial charge in [-0.05, 0) is 48.2 Å². The number of hydrogen-bond acceptors (Lipinski definition) is 1. The number of nitrogens with zero attached hydrogens (tertiary/aromatic N) is 1. The average molecular weight is 351 g/mol. The van der Waals surface area contributed by atoms with Gasteiger partial charge in [0.05, 0.1) is 0 Å². The first-order chi connectivity index (χ1) is 9.79. The lowest BCUT2D eigenvalue weighted by Crippen LogP contribution is -2.24. The number of benzene rings is 2. The van der Waals surface area contributed by atoms with E-state index in [1.165, 1.54) is 22.5 Å². The number of anilines is 2. The second kappa shape index (κ2) is 6.19. The fourth-order valence-corrected chi connectivity index (χ4v) is 3.42. The molecule has 0 amide bonds. The van der Waals surface area contributed by atoms with Crippen molar-refractivity contribution < 1.29 is 0 Å². The van der Waals surface area contributed by atoms with Crippen molar-refractivity contribution >= 4 is 38.9 Å². The largest absolute Gasteiger partial charge is 0.341 e. The molecule has 3 heteroatoms. The number of unbranched alkanes of at least 4 members (excludes halogenated alkanes) is 1. The van der Waals surface area contributed by atoms with Crippen LogP contribution in [-0.4, -0.2) is 12.4 Å². The van der Waals surface area contributed by atoms with Gasteiger partial charge >= 0.3 is 0 Å². The molecule has 2 aromatic carbocycles. The van der Waals surface area contributed by atoms with Crippen molar-refractivity contribution in [2.75, 3.05) is 17.3 Å². The molecule has 1 aliphatic rings. The van der Waals surface area contributed by atoms with Gasteiger partial charge in [-0.3, -0.25) is 0 Å². The molecule has 0 radical (unpaired) electrons. The molecule has 2 aromatic rings. The molecule has 20 heavy (non-hydrogen) atoms. The van der Waals surface area contributed by atoms with Crippen molar-refractivity contribution in [1.29, 1.82) is 0 Å². The number of rotatable bonds is 4. The predicted octanol–water partition coefficient (Wildman–Crippen LogP) is 5.51. The van der Waals surface area contributed by atoms with E-state index in [4.69, 9.17) is 11.6 Å². The van der Waals surface area contributed by atoms with Gasteiger partial charge in [-0.25, -0.2) is 0 Å². The van der Waals surface area contributed by atoms with Crippen molar-refractivity contribution in [1.82, 2.24) is 0 Å². The molecule has 0 unspecified atom stereocenters. The van der Waals surface area contributed by atoms with Gasteiger partial charge in [0.25, 0.3) is 0 Å². The Labute approximate surface area is 133 Å². The van der Waals surface area contributed by atoms with Crippen LogP contribution in [0.1, 0.15) is 24.0 Å². The van der Waals surface area contributed by atoms with Crippen LogP contribution >= 0.6 is 27.5 Å². The van der Waals surface area contributed by atoms with Crippen molar-refractivity contribution in [2.24, 2.45) is 0 Å². The quantitative estimate of drug-likeness (QED) is 0.519. The lowest BCUT2D eigenvalue weighted by atomic mass is 9.95. The summed E-state index contributed by atoms with van der Waals surface area (Å²) in [5.41, 5.74) is 5.48. The molecule has 0 saturated carbocycles. The Bertz CT molecular complexity index is 612. The lowest BCUT2D eigenvalue weighted by molar-refractivity contribution is 0.780. The first-order valence-electron chi connectivity index (χ1n) is 6.99. The zero-order valence-corrected chi connectivity index (χ0v) is 13.6. The van der Waals surface area contributed by atoms with Gasteiger partial charge in [0, 0.05) is 34.7 Å². The summed E-state index contributed by atoms with van der Waals surface area (Å²) < 4.78 is 1.15. The summed E-state index contributed by atoms with van der Waals surface area (Å²) in [6.07, 6.45) is 3.19.